The van der Waals surface area contributed by atoms with E-state index >= 15 is 0 Å². The van der Waals surface area contributed by atoms with Gasteiger partial charge in [0.15, 0.2) is 5.41 Å². The molecule has 0 unspecified atom stereocenters. The summed E-state index contributed by atoms with van der Waals surface area (Å²) in [5.74, 6) is -1.09. The lowest BCUT2D eigenvalue weighted by atomic mass is 9.84. The summed E-state index contributed by atoms with van der Waals surface area (Å²) in [5.41, 5.74) is 3.59. The number of rotatable bonds is 4. The first-order chi connectivity index (χ1) is 13.2. The van der Waals surface area contributed by atoms with E-state index in [-0.39, 0.29) is 6.42 Å². The van der Waals surface area contributed by atoms with Crippen LogP contribution >= 0.6 is 0 Å². The highest BCUT2D eigenvalue weighted by Crippen LogP contribution is 2.41. The van der Waals surface area contributed by atoms with E-state index in [2.05, 4.69) is 31.8 Å². The number of esters is 2. The van der Waals surface area contributed by atoms with E-state index in [9.17, 15) is 9.59 Å². The maximum atomic E-state index is 12.7. The molecule has 1 aromatic carbocycles. The first kappa shape index (κ1) is 20.3. The summed E-state index contributed by atoms with van der Waals surface area (Å²) in [6, 6.07) is 10.1. The molecular formula is C22H27NO4Si. The van der Waals surface area contributed by atoms with E-state index in [0.29, 0.717) is 6.42 Å². The Morgan fingerprint density at radius 3 is 2.00 bits per heavy atom. The van der Waals surface area contributed by atoms with Gasteiger partial charge >= 0.3 is 11.9 Å². The van der Waals surface area contributed by atoms with Crippen molar-refractivity contribution in [2.24, 2.45) is 5.41 Å². The lowest BCUT2D eigenvalue weighted by Crippen LogP contribution is -2.45. The minimum Gasteiger partial charge on any atom is -0.468 e. The summed E-state index contributed by atoms with van der Waals surface area (Å²) in [4.78, 5) is 30.3. The molecule has 1 heterocycles. The molecule has 1 aliphatic rings. The van der Waals surface area contributed by atoms with Crippen LogP contribution in [0.4, 0.5) is 0 Å². The van der Waals surface area contributed by atoms with Crippen molar-refractivity contribution in [3.05, 3.63) is 47.2 Å². The molecular weight excluding hydrogens is 370 g/mol. The monoisotopic (exact) mass is 397 g/mol. The van der Waals surface area contributed by atoms with E-state index in [1.807, 2.05) is 25.1 Å². The quantitative estimate of drug-likeness (QED) is 0.451. The van der Waals surface area contributed by atoms with Gasteiger partial charge in [-0.2, -0.15) is 0 Å². The van der Waals surface area contributed by atoms with Crippen molar-refractivity contribution in [1.29, 1.82) is 0 Å². The van der Waals surface area contributed by atoms with Gasteiger partial charge in [0, 0.05) is 12.1 Å². The lowest BCUT2D eigenvalue weighted by molar-refractivity contribution is -0.168. The van der Waals surface area contributed by atoms with Gasteiger partial charge < -0.3 is 9.47 Å². The summed E-state index contributed by atoms with van der Waals surface area (Å²) in [5, 5.41) is 1.20. The van der Waals surface area contributed by atoms with Gasteiger partial charge in [0.05, 0.1) is 28.0 Å². The Kier molecular flexibility index (Phi) is 5.19. The maximum Gasteiger partial charge on any atom is 0.323 e. The Balaban J connectivity index is 2.30. The van der Waals surface area contributed by atoms with Crippen LogP contribution in [0.25, 0.3) is 11.3 Å². The van der Waals surface area contributed by atoms with E-state index in [0.717, 1.165) is 28.1 Å². The van der Waals surface area contributed by atoms with Crippen LogP contribution in [0.1, 0.15) is 16.8 Å². The second-order valence-corrected chi connectivity index (χ2v) is 13.4. The fourth-order valence-electron chi connectivity index (χ4n) is 4.27. The van der Waals surface area contributed by atoms with Crippen LogP contribution in [0.2, 0.25) is 19.6 Å². The average Bonchev–Trinajstić information content (AvgIpc) is 3.08. The van der Waals surface area contributed by atoms with Crippen molar-refractivity contribution in [2.75, 3.05) is 14.2 Å². The molecule has 0 radical (unpaired) electrons. The van der Waals surface area contributed by atoms with E-state index < -0.39 is 25.4 Å². The molecule has 5 nitrogen and oxygen atoms in total. The molecule has 0 saturated heterocycles. The molecule has 28 heavy (non-hydrogen) atoms. The third kappa shape index (κ3) is 3.15. The highest BCUT2D eigenvalue weighted by molar-refractivity contribution is 6.90. The second-order valence-electron chi connectivity index (χ2n) is 8.41. The number of nitrogens with zero attached hydrogens (tertiary/aromatic N) is 1. The molecule has 0 spiro atoms. The number of ether oxygens (including phenoxy) is 2. The number of hydrogen-bond acceptors (Lipinski definition) is 5. The van der Waals surface area contributed by atoms with E-state index in [1.54, 1.807) is 0 Å². The Morgan fingerprint density at radius 1 is 0.964 bits per heavy atom. The van der Waals surface area contributed by atoms with Gasteiger partial charge in [0.1, 0.15) is 0 Å². The fourth-order valence-corrected chi connectivity index (χ4v) is 6.33. The van der Waals surface area contributed by atoms with Crippen molar-refractivity contribution in [2.45, 2.75) is 39.4 Å². The Labute approximate surface area is 167 Å². The fraction of sp³-hybridized carbons (Fsp3) is 0.409. The highest BCUT2D eigenvalue weighted by atomic mass is 28.3. The highest BCUT2D eigenvalue weighted by Gasteiger charge is 2.54. The molecule has 0 fully saturated rings. The Hall–Kier alpha value is -2.47. The number of carbonyl (C=O) groups excluding carboxylic acids is 2. The van der Waals surface area contributed by atoms with Crippen molar-refractivity contribution in [3.8, 4) is 11.3 Å². The second kappa shape index (κ2) is 7.17. The summed E-state index contributed by atoms with van der Waals surface area (Å²) >= 11 is 0. The molecule has 2 aromatic rings. The number of aryl methyl sites for hydroxylation is 1. The number of methoxy groups -OCH3 is 2. The molecule has 0 aliphatic heterocycles. The minimum atomic E-state index is -1.86. The molecule has 3 rings (SSSR count). The van der Waals surface area contributed by atoms with Gasteiger partial charge in [-0.3, -0.25) is 14.6 Å². The first-order valence-corrected chi connectivity index (χ1v) is 12.9. The Morgan fingerprint density at radius 2 is 1.50 bits per heavy atom. The molecule has 0 saturated carbocycles. The lowest BCUT2D eigenvalue weighted by Gasteiger charge is -2.26. The van der Waals surface area contributed by atoms with Crippen molar-refractivity contribution in [1.82, 2.24) is 4.98 Å². The van der Waals surface area contributed by atoms with Crippen LogP contribution in [0.15, 0.2) is 30.3 Å². The van der Waals surface area contributed by atoms with Crippen molar-refractivity contribution in [3.63, 3.8) is 0 Å². The van der Waals surface area contributed by atoms with Gasteiger partial charge in [-0.1, -0.05) is 50.0 Å². The largest absolute Gasteiger partial charge is 0.468 e. The van der Waals surface area contributed by atoms with Gasteiger partial charge in [0.25, 0.3) is 0 Å². The normalized spacial score (nSPS) is 15.1. The van der Waals surface area contributed by atoms with Crippen LogP contribution in [0.5, 0.6) is 0 Å². The number of fused-ring (bicyclic) bond motifs is 1. The summed E-state index contributed by atoms with van der Waals surface area (Å²) < 4.78 is 10.0. The first-order valence-electron chi connectivity index (χ1n) is 9.41. The Bertz CT molecular complexity index is 916. The molecule has 0 bridgehead atoms. The molecule has 1 aliphatic carbocycles. The third-order valence-corrected chi connectivity index (χ3v) is 7.56. The van der Waals surface area contributed by atoms with Gasteiger partial charge in [-0.15, -0.1) is 0 Å². The molecule has 148 valence electrons. The van der Waals surface area contributed by atoms with Crippen molar-refractivity contribution < 1.29 is 19.1 Å². The number of benzene rings is 1. The molecule has 6 heteroatoms. The maximum absolute atomic E-state index is 12.7. The van der Waals surface area contributed by atoms with Crippen LogP contribution in [-0.4, -0.2) is 39.2 Å². The van der Waals surface area contributed by atoms with Gasteiger partial charge in [-0.25, -0.2) is 0 Å². The van der Waals surface area contributed by atoms with Crippen LogP contribution in [-0.2, 0) is 31.9 Å². The number of aromatic nitrogens is 1. The van der Waals surface area contributed by atoms with Crippen molar-refractivity contribution >= 4 is 25.2 Å². The third-order valence-electron chi connectivity index (χ3n) is 5.53. The number of hydrogen-bond donors (Lipinski definition) is 0. The molecule has 1 aromatic heterocycles. The molecule has 0 atom stereocenters. The standard InChI is InChI=1S/C22H27NO4Si/c1-14-16-12-22(20(24)26-2,21(25)27-3)13-17(16)19(28(4,5)6)18(23-14)15-10-8-7-9-11-15/h7-11H,12-13H2,1-6H3. The number of carbonyl (C=O) groups is 2. The smallest absolute Gasteiger partial charge is 0.323 e. The van der Waals surface area contributed by atoms with Gasteiger partial charge in [0.2, 0.25) is 0 Å². The predicted octanol–water partition coefficient (Wildman–Crippen LogP) is 3.03. The zero-order chi connectivity index (χ0) is 20.7. The zero-order valence-corrected chi connectivity index (χ0v) is 18.4. The van der Waals surface area contributed by atoms with Gasteiger partial charge in [-0.05, 0) is 35.2 Å². The summed E-state index contributed by atoms with van der Waals surface area (Å²) in [6.07, 6.45) is 0.567. The van der Waals surface area contributed by atoms with Crippen LogP contribution in [0.3, 0.4) is 0 Å². The minimum absolute atomic E-state index is 0.271. The topological polar surface area (TPSA) is 65.5 Å². The molecule has 0 N–H and O–H groups in total. The summed E-state index contributed by atoms with van der Waals surface area (Å²) in [7, 11) is 0.771. The predicted molar refractivity (Wildman–Crippen MR) is 111 cm³/mol. The zero-order valence-electron chi connectivity index (χ0n) is 17.4. The van der Waals surface area contributed by atoms with Crippen LogP contribution in [0, 0.1) is 12.3 Å². The van der Waals surface area contributed by atoms with E-state index in [1.165, 1.54) is 19.4 Å². The average molecular weight is 398 g/mol. The number of pyridine rings is 1. The van der Waals surface area contributed by atoms with Crippen LogP contribution < -0.4 is 5.19 Å². The SMILES string of the molecule is COC(=O)C1(C(=O)OC)Cc2c(C)nc(-c3ccccc3)c([Si](C)(C)C)c2C1. The molecule has 0 amide bonds. The summed E-state index contributed by atoms with van der Waals surface area (Å²) in [6.45, 7) is 8.75. The van der Waals surface area contributed by atoms with E-state index in [4.69, 9.17) is 14.5 Å².